The van der Waals surface area contributed by atoms with Gasteiger partial charge < -0.3 is 0 Å². The molecule has 1 heterocycles. The maximum absolute atomic E-state index is 12.2. The van der Waals surface area contributed by atoms with E-state index in [1.807, 2.05) is 24.3 Å². The van der Waals surface area contributed by atoms with Crippen LogP contribution in [0.3, 0.4) is 0 Å². The van der Waals surface area contributed by atoms with Crippen molar-refractivity contribution in [2.45, 2.75) is 19.3 Å². The number of hydrogen-bond acceptors (Lipinski definition) is 5. The Hall–Kier alpha value is -3.20. The number of methoxy groups -OCH3 is 1. The van der Waals surface area contributed by atoms with Crippen molar-refractivity contribution in [3.8, 4) is 5.75 Å². The second kappa shape index (κ2) is 9.95. The monoisotopic (exact) mass is 542 g/mol. The van der Waals surface area contributed by atoms with Crippen molar-refractivity contribution >= 4 is 17.8 Å². The van der Waals surface area contributed by atoms with E-state index in [2.05, 4.69) is 36.4 Å². The van der Waals surface area contributed by atoms with Crippen LogP contribution >= 0.6 is 0 Å². The molecule has 0 radical (unpaired) electrons. The van der Waals surface area contributed by atoms with Crippen LogP contribution in [-0.2, 0) is 20.8 Å². The fourth-order valence-electron chi connectivity index (χ4n) is 3.25. The Morgan fingerprint density at radius 1 is 0.875 bits per heavy atom. The molecule has 6 nitrogen and oxygen atoms in total. The number of amides is 2. The topological polar surface area (TPSA) is 72.9 Å². The van der Waals surface area contributed by atoms with Crippen LogP contribution < -0.4 is 25.9 Å². The van der Waals surface area contributed by atoms with Gasteiger partial charge in [-0.05, 0) is 0 Å². The number of carbonyl (C=O) groups is 3. The molecule has 3 aromatic carbocycles. The quantitative estimate of drug-likeness (QED) is 0.324. The number of nitrogens with zero attached hydrogens (tertiary/aromatic N) is 1. The van der Waals surface area contributed by atoms with E-state index in [0.29, 0.717) is 10.6 Å². The normalized spacial score (nSPS) is 13.5. The summed E-state index contributed by atoms with van der Waals surface area (Å²) in [7, 11) is 1.67. The van der Waals surface area contributed by atoms with Gasteiger partial charge in [-0.1, -0.05) is 0 Å². The van der Waals surface area contributed by atoms with E-state index in [0.717, 1.165) is 17.7 Å². The molecule has 7 heteroatoms. The van der Waals surface area contributed by atoms with Crippen molar-refractivity contribution < 1.29 is 45.2 Å². The molecule has 0 spiro atoms. The first-order valence-electron chi connectivity index (χ1n) is 10.1. The Bertz CT molecular complexity index is 1130. The van der Waals surface area contributed by atoms with Crippen molar-refractivity contribution in [3.05, 3.63) is 96.6 Å². The van der Waals surface area contributed by atoms with Crippen LogP contribution in [0.4, 0.5) is 0 Å². The molecule has 4 rings (SSSR count). The molecule has 2 amide bonds. The molecule has 0 unspecified atom stereocenters. The van der Waals surface area contributed by atoms with Gasteiger partial charge in [-0.2, -0.15) is 0 Å². The van der Waals surface area contributed by atoms with Crippen molar-refractivity contribution in [2.75, 3.05) is 7.11 Å². The zero-order valence-corrected chi connectivity index (χ0v) is 19.6. The molecule has 1 aliphatic heterocycles. The van der Waals surface area contributed by atoms with Crippen LogP contribution in [0.5, 0.6) is 5.75 Å². The standard InChI is InChI=1S/C25H21INO5/c1-31-22-11-9-20(10-12-22)26-21-4-2-3-18(16-21)15-17-5-7-19(8-6-17)25(30)32-27-23(28)13-14-24(27)29/h2-12,16H,13-15H2,1H3/q-1. The molecule has 0 atom stereocenters. The van der Waals surface area contributed by atoms with Crippen molar-refractivity contribution in [1.82, 2.24) is 5.06 Å². The van der Waals surface area contributed by atoms with Crippen LogP contribution in [0.2, 0.25) is 0 Å². The summed E-state index contributed by atoms with van der Waals surface area (Å²) in [5.74, 6) is -0.835. The molecule has 3 aromatic rings. The Kier molecular flexibility index (Phi) is 6.84. The zero-order chi connectivity index (χ0) is 22.5. The summed E-state index contributed by atoms with van der Waals surface area (Å²) in [6, 6.07) is 23.8. The fraction of sp³-hybridized carbons (Fsp3) is 0.160. The number of benzene rings is 3. The van der Waals surface area contributed by atoms with Crippen LogP contribution in [0, 0.1) is 7.14 Å². The molecule has 1 aliphatic rings. The average Bonchev–Trinajstić information content (AvgIpc) is 3.12. The summed E-state index contributed by atoms with van der Waals surface area (Å²) < 4.78 is 7.87. The second-order valence-electron chi connectivity index (χ2n) is 7.22. The number of hydrogen-bond donors (Lipinski definition) is 0. The summed E-state index contributed by atoms with van der Waals surface area (Å²) in [5.41, 5.74) is 2.54. The number of carbonyl (C=O) groups excluding carboxylic acids is 3. The van der Waals surface area contributed by atoms with E-state index >= 15 is 0 Å². The van der Waals surface area contributed by atoms with Crippen LogP contribution in [0.15, 0.2) is 72.8 Å². The minimum atomic E-state index is -0.716. The van der Waals surface area contributed by atoms with E-state index in [1.165, 1.54) is 12.7 Å². The Labute approximate surface area is 196 Å². The van der Waals surface area contributed by atoms with Gasteiger partial charge in [0.2, 0.25) is 0 Å². The number of hydroxylamine groups is 2. The average molecular weight is 542 g/mol. The third-order valence-corrected chi connectivity index (χ3v) is 7.57. The zero-order valence-electron chi connectivity index (χ0n) is 17.4. The molecule has 0 N–H and O–H groups in total. The van der Waals surface area contributed by atoms with Gasteiger partial charge in [0.1, 0.15) is 0 Å². The van der Waals surface area contributed by atoms with E-state index < -0.39 is 17.8 Å². The van der Waals surface area contributed by atoms with E-state index in [-0.39, 0.29) is 34.0 Å². The van der Waals surface area contributed by atoms with Gasteiger partial charge >= 0.3 is 174 Å². The predicted molar refractivity (Wildman–Crippen MR) is 113 cm³/mol. The summed E-state index contributed by atoms with van der Waals surface area (Å²) in [4.78, 5) is 40.4. The molecular weight excluding hydrogens is 521 g/mol. The van der Waals surface area contributed by atoms with E-state index in [1.54, 1.807) is 19.2 Å². The van der Waals surface area contributed by atoms with Gasteiger partial charge in [0.15, 0.2) is 0 Å². The van der Waals surface area contributed by atoms with Crippen LogP contribution in [0.25, 0.3) is 0 Å². The van der Waals surface area contributed by atoms with Gasteiger partial charge in [0, 0.05) is 12.8 Å². The fourth-order valence-corrected chi connectivity index (χ4v) is 5.63. The first-order chi connectivity index (χ1) is 15.5. The van der Waals surface area contributed by atoms with Crippen LogP contribution in [0.1, 0.15) is 34.3 Å². The molecule has 1 fully saturated rings. The summed E-state index contributed by atoms with van der Waals surface area (Å²) >= 11 is -0.288. The summed E-state index contributed by atoms with van der Waals surface area (Å²) in [5, 5.41) is 0.563. The molecule has 32 heavy (non-hydrogen) atoms. The van der Waals surface area contributed by atoms with Crippen molar-refractivity contribution in [1.29, 1.82) is 0 Å². The molecule has 0 aromatic heterocycles. The third kappa shape index (κ3) is 5.34. The number of rotatable bonds is 7. The summed E-state index contributed by atoms with van der Waals surface area (Å²) in [6.45, 7) is 0. The second-order valence-corrected chi connectivity index (χ2v) is 10.2. The van der Waals surface area contributed by atoms with Gasteiger partial charge in [-0.15, -0.1) is 0 Å². The molecule has 0 aliphatic carbocycles. The van der Waals surface area contributed by atoms with Crippen molar-refractivity contribution in [2.24, 2.45) is 0 Å². The molecular formula is C25H21INO5-. The Balaban J connectivity index is 1.38. The number of halogens is 1. The van der Waals surface area contributed by atoms with E-state index in [9.17, 15) is 14.4 Å². The van der Waals surface area contributed by atoms with Gasteiger partial charge in [0.25, 0.3) is 0 Å². The Morgan fingerprint density at radius 2 is 1.56 bits per heavy atom. The molecule has 0 saturated carbocycles. The predicted octanol–water partition coefficient (Wildman–Crippen LogP) is 0.635. The number of imide groups is 1. The molecule has 0 bridgehead atoms. The summed E-state index contributed by atoms with van der Waals surface area (Å²) in [6.07, 6.45) is 0.883. The van der Waals surface area contributed by atoms with Crippen molar-refractivity contribution in [3.63, 3.8) is 0 Å². The van der Waals surface area contributed by atoms with Gasteiger partial charge in [-0.25, -0.2) is 0 Å². The van der Waals surface area contributed by atoms with Gasteiger partial charge in [0.05, 0.1) is 0 Å². The third-order valence-electron chi connectivity index (χ3n) is 4.93. The maximum atomic E-state index is 12.2. The SMILES string of the molecule is COc1ccc([I-]c2cccc(Cc3ccc(C(=O)ON4C(=O)CCC4=O)cc3)c2)cc1. The Morgan fingerprint density at radius 3 is 2.22 bits per heavy atom. The van der Waals surface area contributed by atoms with Crippen LogP contribution in [-0.4, -0.2) is 30.0 Å². The first-order valence-corrected chi connectivity index (χ1v) is 12.2. The first kappa shape index (κ1) is 22.0. The minimum absolute atomic E-state index is 0.0742. The number of ether oxygens (including phenoxy) is 1. The van der Waals surface area contributed by atoms with E-state index in [4.69, 9.17) is 9.57 Å². The van der Waals surface area contributed by atoms with Gasteiger partial charge in [-0.3, -0.25) is 9.59 Å². The molecule has 164 valence electrons. The molecule has 1 saturated heterocycles.